The van der Waals surface area contributed by atoms with Crippen molar-refractivity contribution in [2.45, 2.75) is 66.5 Å². The summed E-state index contributed by atoms with van der Waals surface area (Å²) in [6.45, 7) is 1.87. The summed E-state index contributed by atoms with van der Waals surface area (Å²) in [4.78, 5) is 2.60. The van der Waals surface area contributed by atoms with E-state index in [-0.39, 0.29) is 28.8 Å². The highest BCUT2D eigenvalue weighted by Gasteiger charge is 2.77. The van der Waals surface area contributed by atoms with Gasteiger partial charge in [0, 0.05) is 54.6 Å². The molecule has 1 saturated carbocycles. The van der Waals surface area contributed by atoms with Crippen molar-refractivity contribution in [3.63, 3.8) is 0 Å². The van der Waals surface area contributed by atoms with Crippen molar-refractivity contribution < 1.29 is 28.8 Å². The molecule has 2 aromatic rings. The topological polar surface area (TPSA) is 81.7 Å². The molecule has 8 heteroatoms. The summed E-state index contributed by atoms with van der Waals surface area (Å²) >= 11 is 0. The molecule has 1 unspecified atom stereocenters. The predicted octanol–water partition coefficient (Wildman–Crippen LogP) is 3.50. The smallest absolute Gasteiger partial charge is 0.170 e. The molecule has 2 N–H and O–H groups in total. The molecule has 2 aliphatic carbocycles. The molecule has 40 heavy (non-hydrogen) atoms. The second kappa shape index (κ2) is 8.16. The molecule has 0 aromatic heterocycles. The Morgan fingerprint density at radius 3 is 2.23 bits per heavy atom. The summed E-state index contributed by atoms with van der Waals surface area (Å²) in [7, 11) is 6.75. The van der Waals surface area contributed by atoms with Crippen molar-refractivity contribution in [2.24, 2.45) is 5.92 Å². The minimum absolute atomic E-state index is 0.122. The molecule has 6 bridgehead atoms. The lowest BCUT2D eigenvalue weighted by molar-refractivity contribution is -0.384. The van der Waals surface area contributed by atoms with E-state index in [2.05, 4.69) is 40.6 Å². The third kappa shape index (κ3) is 2.85. The molecule has 9 rings (SSSR count). The maximum atomic E-state index is 11.8. The van der Waals surface area contributed by atoms with Gasteiger partial charge in [0.25, 0.3) is 0 Å². The molecule has 212 valence electrons. The van der Waals surface area contributed by atoms with Crippen molar-refractivity contribution >= 4 is 0 Å². The van der Waals surface area contributed by atoms with Gasteiger partial charge < -0.3 is 34.1 Å². The highest BCUT2D eigenvalue weighted by atomic mass is 16.7. The number of nitrogens with one attached hydrogen (secondary N) is 1. The second-order valence-corrected chi connectivity index (χ2v) is 12.5. The lowest BCUT2D eigenvalue weighted by Crippen LogP contribution is -2.79. The van der Waals surface area contributed by atoms with E-state index in [1.807, 2.05) is 12.1 Å². The molecule has 1 spiro atoms. The summed E-state index contributed by atoms with van der Waals surface area (Å²) in [6, 6.07) is 13.2. The Bertz CT molecular complexity index is 1430. The van der Waals surface area contributed by atoms with Crippen molar-refractivity contribution in [3.05, 3.63) is 59.2 Å². The summed E-state index contributed by atoms with van der Waals surface area (Å²) < 4.78 is 29.5. The average molecular weight is 547 g/mol. The highest BCUT2D eigenvalue weighted by Crippen LogP contribution is 2.71. The van der Waals surface area contributed by atoms with E-state index in [1.54, 1.807) is 28.4 Å². The third-order valence-electron chi connectivity index (χ3n) is 11.3. The van der Waals surface area contributed by atoms with Gasteiger partial charge in [-0.3, -0.25) is 4.90 Å². The number of nitrogens with zero attached hydrogens (tertiary/aromatic N) is 1. The van der Waals surface area contributed by atoms with E-state index in [9.17, 15) is 5.11 Å². The van der Waals surface area contributed by atoms with Crippen molar-refractivity contribution in [3.8, 4) is 23.0 Å². The summed E-state index contributed by atoms with van der Waals surface area (Å²) in [5, 5.41) is 15.6. The van der Waals surface area contributed by atoms with Crippen LogP contribution < -0.4 is 24.3 Å². The van der Waals surface area contributed by atoms with Gasteiger partial charge in [-0.15, -0.1) is 0 Å². The number of rotatable bonds is 6. The number of ether oxygens (including phenoxy) is 5. The van der Waals surface area contributed by atoms with Gasteiger partial charge in [-0.25, -0.2) is 0 Å². The molecular formula is C32H38N2O6. The van der Waals surface area contributed by atoms with Crippen LogP contribution in [0.2, 0.25) is 0 Å². The summed E-state index contributed by atoms with van der Waals surface area (Å²) in [6.07, 6.45) is 6.62. The van der Waals surface area contributed by atoms with Gasteiger partial charge >= 0.3 is 0 Å². The molecular weight excluding hydrogens is 508 g/mol. The second-order valence-electron chi connectivity index (χ2n) is 12.5. The largest absolute Gasteiger partial charge is 0.493 e. The van der Waals surface area contributed by atoms with E-state index in [4.69, 9.17) is 23.7 Å². The number of fused-ring (bicyclic) bond motifs is 1. The molecule has 5 heterocycles. The molecule has 5 saturated heterocycles. The molecule has 6 fully saturated rings. The normalized spacial score (nSPS) is 41.8. The van der Waals surface area contributed by atoms with E-state index >= 15 is 0 Å². The van der Waals surface area contributed by atoms with E-state index < -0.39 is 11.5 Å². The SMILES string of the molecule is COc1ccc([C@@]23CCN4[C@@H]2C[C@]2(O)C[C@@H]3C3=C[C@@]5(c6ccc(OC)c(OC)c6)CCN[C@@H]5C[C@]34O2)cc1OC. The third-order valence-corrected chi connectivity index (χ3v) is 11.3. The first kappa shape index (κ1) is 25.0. The zero-order chi connectivity index (χ0) is 27.5. The minimum atomic E-state index is -1.10. The predicted molar refractivity (Wildman–Crippen MR) is 148 cm³/mol. The Hall–Kier alpha value is -2.78. The van der Waals surface area contributed by atoms with Crippen LogP contribution in [0, 0.1) is 5.92 Å². The Morgan fingerprint density at radius 1 is 0.850 bits per heavy atom. The molecule has 0 radical (unpaired) electrons. The number of aliphatic hydroxyl groups is 1. The van der Waals surface area contributed by atoms with Crippen LogP contribution in [0.25, 0.3) is 0 Å². The summed E-state index contributed by atoms with van der Waals surface area (Å²) in [5.74, 6) is 2.05. The van der Waals surface area contributed by atoms with Crippen LogP contribution in [0.3, 0.4) is 0 Å². The van der Waals surface area contributed by atoms with Crippen LogP contribution in [-0.2, 0) is 15.6 Å². The maximum absolute atomic E-state index is 11.8. The number of piperidine rings is 1. The van der Waals surface area contributed by atoms with Crippen molar-refractivity contribution in [1.29, 1.82) is 0 Å². The van der Waals surface area contributed by atoms with Gasteiger partial charge in [0.1, 0.15) is 5.72 Å². The highest BCUT2D eigenvalue weighted by molar-refractivity contribution is 5.55. The first-order chi connectivity index (χ1) is 19.4. The fraction of sp³-hybridized carbons (Fsp3) is 0.562. The van der Waals surface area contributed by atoms with E-state index in [0.29, 0.717) is 12.8 Å². The van der Waals surface area contributed by atoms with Gasteiger partial charge in [-0.05, 0) is 60.4 Å². The molecule has 2 aromatic carbocycles. The summed E-state index contributed by atoms with van der Waals surface area (Å²) in [5.41, 5.74) is 2.95. The van der Waals surface area contributed by atoms with Crippen LogP contribution >= 0.6 is 0 Å². The van der Waals surface area contributed by atoms with Crippen LogP contribution in [0.4, 0.5) is 0 Å². The molecule has 5 aliphatic heterocycles. The number of hydrogen-bond donors (Lipinski definition) is 2. The van der Waals surface area contributed by atoms with Gasteiger partial charge in [0.05, 0.1) is 28.4 Å². The van der Waals surface area contributed by atoms with Gasteiger partial charge in [-0.1, -0.05) is 18.2 Å². The Labute approximate surface area is 235 Å². The average Bonchev–Trinajstić information content (AvgIpc) is 3.55. The molecule has 8 nitrogen and oxygen atoms in total. The van der Waals surface area contributed by atoms with Gasteiger partial charge in [0.15, 0.2) is 28.8 Å². The van der Waals surface area contributed by atoms with Crippen LogP contribution in [0.15, 0.2) is 48.0 Å². The Morgan fingerprint density at radius 2 is 1.52 bits per heavy atom. The van der Waals surface area contributed by atoms with Gasteiger partial charge in [0.2, 0.25) is 0 Å². The molecule has 0 amide bonds. The number of benzene rings is 2. The Balaban J connectivity index is 1.33. The van der Waals surface area contributed by atoms with Crippen molar-refractivity contribution in [1.82, 2.24) is 10.2 Å². The van der Waals surface area contributed by atoms with Crippen LogP contribution in [0.1, 0.15) is 43.2 Å². The Kier molecular flexibility index (Phi) is 5.09. The lowest BCUT2D eigenvalue weighted by Gasteiger charge is -2.71. The zero-order valence-corrected chi connectivity index (χ0v) is 23.7. The van der Waals surface area contributed by atoms with Gasteiger partial charge in [-0.2, -0.15) is 0 Å². The first-order valence-electron chi connectivity index (χ1n) is 14.5. The minimum Gasteiger partial charge on any atom is -0.493 e. The lowest BCUT2D eigenvalue weighted by atomic mass is 9.49. The zero-order valence-electron chi connectivity index (χ0n) is 23.7. The fourth-order valence-corrected chi connectivity index (χ4v) is 9.76. The molecule has 8 atom stereocenters. The van der Waals surface area contributed by atoms with Crippen molar-refractivity contribution in [2.75, 3.05) is 41.5 Å². The maximum Gasteiger partial charge on any atom is 0.170 e. The number of hydrogen-bond acceptors (Lipinski definition) is 8. The van der Waals surface area contributed by atoms with E-state index in [0.717, 1.165) is 55.4 Å². The monoisotopic (exact) mass is 546 g/mol. The molecule has 7 aliphatic rings. The first-order valence-corrected chi connectivity index (χ1v) is 14.5. The van der Waals surface area contributed by atoms with Crippen LogP contribution in [0.5, 0.6) is 23.0 Å². The number of methoxy groups -OCH3 is 4. The van der Waals surface area contributed by atoms with Crippen LogP contribution in [-0.4, -0.2) is 75.1 Å². The van der Waals surface area contributed by atoms with E-state index in [1.165, 1.54) is 16.7 Å². The quantitative estimate of drug-likeness (QED) is 0.533. The standard InChI is InChI=1S/C32H38N2O6/c1-36-23-7-5-19(13-25(23)38-3)29-9-11-33-27(29)17-32-22(15-29)21-16-30(35,40-32)18-28-31(21,10-12-34(28)32)20-6-8-24(37-2)26(14-20)39-4/h5-8,13-15,21,27-28,33,35H,9-12,16-18H2,1-4H3/t21-,27-,28-,29-,30+,31-,32+/m1/s1. The fourth-order valence-electron chi connectivity index (χ4n) is 9.76.